The number of aromatic amines is 1. The Morgan fingerprint density at radius 3 is 2.82 bits per heavy atom. The third-order valence-electron chi connectivity index (χ3n) is 7.19. The fourth-order valence-corrected chi connectivity index (χ4v) is 5.51. The number of aliphatic hydroxyl groups excluding tert-OH is 1. The fourth-order valence-electron chi connectivity index (χ4n) is 5.26. The molecule has 2 aromatic heterocycles. The molecule has 38 heavy (non-hydrogen) atoms. The van der Waals surface area contributed by atoms with Gasteiger partial charge in [-0.2, -0.15) is 0 Å². The second-order valence-corrected chi connectivity index (χ2v) is 9.94. The van der Waals surface area contributed by atoms with Crippen molar-refractivity contribution in [3.63, 3.8) is 0 Å². The monoisotopic (exact) mass is 532 g/mol. The Hall–Kier alpha value is -3.92. The third kappa shape index (κ3) is 3.99. The number of hydrogen-bond donors (Lipinski definition) is 3. The number of nitrogens with one attached hydrogen (secondary N) is 2. The van der Waals surface area contributed by atoms with E-state index < -0.39 is 11.6 Å². The van der Waals surface area contributed by atoms with Crippen LogP contribution in [0, 0.1) is 0 Å². The minimum Gasteiger partial charge on any atom is -0.457 e. The van der Waals surface area contributed by atoms with Crippen molar-refractivity contribution in [1.82, 2.24) is 9.97 Å². The number of para-hydroxylation sites is 1. The minimum atomic E-state index is -0.965. The van der Waals surface area contributed by atoms with Gasteiger partial charge in [-0.05, 0) is 24.3 Å². The Morgan fingerprint density at radius 1 is 1.24 bits per heavy atom. The predicted molar refractivity (Wildman–Crippen MR) is 143 cm³/mol. The van der Waals surface area contributed by atoms with Gasteiger partial charge in [0.25, 0.3) is 5.91 Å². The average molecular weight is 533 g/mol. The molecule has 0 aliphatic carbocycles. The van der Waals surface area contributed by atoms with Crippen LogP contribution in [0.2, 0.25) is 5.02 Å². The fraction of sp³-hybridized carbons (Fsp3) is 0.250. The highest BCUT2D eigenvalue weighted by atomic mass is 35.5. The number of anilines is 2. The molecule has 3 N–H and O–H groups in total. The summed E-state index contributed by atoms with van der Waals surface area (Å²) >= 11 is 6.56. The first-order valence-electron chi connectivity index (χ1n) is 12.3. The van der Waals surface area contributed by atoms with E-state index >= 15 is 0 Å². The molecular weight excluding hydrogens is 508 g/mol. The first-order chi connectivity index (χ1) is 18.4. The molecule has 194 valence electrons. The lowest BCUT2D eigenvalue weighted by atomic mass is 9.82. The van der Waals surface area contributed by atoms with E-state index in [4.69, 9.17) is 21.1 Å². The molecule has 2 unspecified atom stereocenters. The second kappa shape index (κ2) is 9.43. The SMILES string of the molecule is CN1C(=O)C2(CCOC(CO)C2)Nc2c1cnc1[nH]cc(C(=O)c3ccc(Oc4ccccc4)cc3Cl)c21. The molecule has 1 spiro atoms. The van der Waals surface area contributed by atoms with Crippen LogP contribution in [0.3, 0.4) is 0 Å². The highest BCUT2D eigenvalue weighted by Crippen LogP contribution is 2.44. The van der Waals surface area contributed by atoms with Crippen LogP contribution >= 0.6 is 11.6 Å². The van der Waals surface area contributed by atoms with Gasteiger partial charge in [-0.3, -0.25) is 9.59 Å². The highest BCUT2D eigenvalue weighted by Gasteiger charge is 2.49. The Balaban J connectivity index is 1.39. The number of aliphatic hydroxyl groups is 1. The van der Waals surface area contributed by atoms with E-state index in [1.165, 1.54) is 0 Å². The molecule has 2 atom stereocenters. The molecule has 0 radical (unpaired) electrons. The number of carbonyl (C=O) groups excluding carboxylic acids is 2. The Kier molecular flexibility index (Phi) is 6.06. The number of halogens is 1. The molecule has 0 saturated carbocycles. The maximum Gasteiger partial charge on any atom is 0.252 e. The molecule has 1 saturated heterocycles. The molecule has 4 heterocycles. The number of fused-ring (bicyclic) bond motifs is 3. The van der Waals surface area contributed by atoms with Crippen LogP contribution in [0.5, 0.6) is 11.5 Å². The number of pyridine rings is 1. The second-order valence-electron chi connectivity index (χ2n) is 9.53. The highest BCUT2D eigenvalue weighted by molar-refractivity contribution is 6.36. The van der Waals surface area contributed by atoms with Crippen molar-refractivity contribution < 1.29 is 24.2 Å². The lowest BCUT2D eigenvalue weighted by molar-refractivity contribution is -0.129. The number of H-pyrrole nitrogens is 1. The van der Waals surface area contributed by atoms with Gasteiger partial charge in [-0.1, -0.05) is 29.8 Å². The van der Waals surface area contributed by atoms with Gasteiger partial charge < -0.3 is 29.8 Å². The molecular formula is C28H25ClN4O5. The van der Waals surface area contributed by atoms with Gasteiger partial charge >= 0.3 is 0 Å². The van der Waals surface area contributed by atoms with Crippen molar-refractivity contribution in [3.05, 3.63) is 77.1 Å². The summed E-state index contributed by atoms with van der Waals surface area (Å²) in [5.41, 5.74) is 1.41. The Labute approximate surface area is 223 Å². The number of ether oxygens (including phenoxy) is 2. The minimum absolute atomic E-state index is 0.131. The van der Waals surface area contributed by atoms with Crippen molar-refractivity contribution in [2.24, 2.45) is 0 Å². The van der Waals surface area contributed by atoms with Crippen LogP contribution in [0.1, 0.15) is 28.8 Å². The summed E-state index contributed by atoms with van der Waals surface area (Å²) in [7, 11) is 1.69. The van der Waals surface area contributed by atoms with Crippen molar-refractivity contribution in [2.45, 2.75) is 24.5 Å². The predicted octanol–water partition coefficient (Wildman–Crippen LogP) is 4.54. The molecule has 10 heteroatoms. The summed E-state index contributed by atoms with van der Waals surface area (Å²) in [4.78, 5) is 36.3. The number of nitrogens with zero attached hydrogens (tertiary/aromatic N) is 2. The van der Waals surface area contributed by atoms with E-state index in [-0.39, 0.29) is 23.3 Å². The number of amides is 1. The lowest BCUT2D eigenvalue weighted by Crippen LogP contribution is -2.60. The zero-order valence-corrected chi connectivity index (χ0v) is 21.3. The number of ketones is 1. The zero-order chi connectivity index (χ0) is 26.4. The van der Waals surface area contributed by atoms with Gasteiger partial charge in [-0.25, -0.2) is 4.98 Å². The summed E-state index contributed by atoms with van der Waals surface area (Å²) < 4.78 is 11.5. The maximum absolute atomic E-state index is 13.8. The van der Waals surface area contributed by atoms with Crippen LogP contribution in [0.4, 0.5) is 11.4 Å². The van der Waals surface area contributed by atoms with Gasteiger partial charge in [0.2, 0.25) is 0 Å². The molecule has 2 aromatic carbocycles. The van der Waals surface area contributed by atoms with Crippen molar-refractivity contribution in [2.75, 3.05) is 30.5 Å². The van der Waals surface area contributed by atoms with E-state index in [0.717, 1.165) is 0 Å². The molecule has 2 aliphatic heterocycles. The quantitative estimate of drug-likeness (QED) is 0.323. The van der Waals surface area contributed by atoms with E-state index in [2.05, 4.69) is 15.3 Å². The van der Waals surface area contributed by atoms with Crippen LogP contribution in [-0.4, -0.2) is 58.7 Å². The number of benzene rings is 2. The number of likely N-dealkylation sites (N-methyl/N-ethyl adjacent to an activating group) is 1. The van der Waals surface area contributed by atoms with Crippen LogP contribution in [0.25, 0.3) is 11.0 Å². The van der Waals surface area contributed by atoms with Gasteiger partial charge in [0.1, 0.15) is 22.7 Å². The summed E-state index contributed by atoms with van der Waals surface area (Å²) in [5, 5.41) is 14.0. The van der Waals surface area contributed by atoms with Crippen molar-refractivity contribution >= 4 is 45.7 Å². The molecule has 1 fully saturated rings. The Bertz CT molecular complexity index is 1560. The average Bonchev–Trinajstić information content (AvgIpc) is 3.37. The van der Waals surface area contributed by atoms with Gasteiger partial charge in [0.05, 0.1) is 46.3 Å². The van der Waals surface area contributed by atoms with E-state index in [1.807, 2.05) is 30.3 Å². The molecule has 0 bridgehead atoms. The molecule has 6 rings (SSSR count). The molecule has 2 aliphatic rings. The lowest BCUT2D eigenvalue weighted by Gasteiger charge is -2.46. The summed E-state index contributed by atoms with van der Waals surface area (Å²) in [5.74, 6) is 0.747. The normalized spacial score (nSPS) is 20.9. The summed E-state index contributed by atoms with van der Waals surface area (Å²) in [6.07, 6.45) is 3.48. The smallest absolute Gasteiger partial charge is 0.252 e. The van der Waals surface area contributed by atoms with Crippen molar-refractivity contribution in [1.29, 1.82) is 0 Å². The Morgan fingerprint density at radius 2 is 2.05 bits per heavy atom. The molecule has 4 aromatic rings. The van der Waals surface area contributed by atoms with Gasteiger partial charge in [0.15, 0.2) is 5.78 Å². The largest absolute Gasteiger partial charge is 0.457 e. The van der Waals surface area contributed by atoms with Gasteiger partial charge in [0, 0.05) is 44.3 Å². The van der Waals surface area contributed by atoms with Crippen LogP contribution in [-0.2, 0) is 9.53 Å². The number of carbonyl (C=O) groups is 2. The third-order valence-corrected chi connectivity index (χ3v) is 7.50. The number of hydrogen-bond acceptors (Lipinski definition) is 7. The number of aromatic nitrogens is 2. The van der Waals surface area contributed by atoms with Crippen LogP contribution < -0.4 is 15.0 Å². The molecule has 9 nitrogen and oxygen atoms in total. The number of rotatable bonds is 5. The van der Waals surface area contributed by atoms with E-state index in [9.17, 15) is 14.7 Å². The standard InChI is InChI=1S/C28H25ClN4O5/c1-33-22-14-31-26-23(24(22)32-28(27(33)36)9-10-37-18(12-28)15-34)20(13-30-26)25(35)19-8-7-17(11-21(19)29)38-16-5-3-2-4-6-16/h2-8,11,13-14,18,32,34H,9-10,12,15H2,1H3,(H,30,31). The molecule has 1 amide bonds. The first kappa shape index (κ1) is 24.4. The maximum atomic E-state index is 13.8. The van der Waals surface area contributed by atoms with Gasteiger partial charge in [-0.15, -0.1) is 0 Å². The topological polar surface area (TPSA) is 117 Å². The zero-order valence-electron chi connectivity index (χ0n) is 20.5. The summed E-state index contributed by atoms with van der Waals surface area (Å²) in [6.45, 7) is 0.142. The summed E-state index contributed by atoms with van der Waals surface area (Å²) in [6, 6.07) is 14.2. The van der Waals surface area contributed by atoms with Crippen molar-refractivity contribution in [3.8, 4) is 11.5 Å². The van der Waals surface area contributed by atoms with E-state index in [1.54, 1.807) is 42.5 Å². The first-order valence-corrected chi connectivity index (χ1v) is 12.6. The van der Waals surface area contributed by atoms with Crippen LogP contribution in [0.15, 0.2) is 60.9 Å². The van der Waals surface area contributed by atoms with E-state index in [0.29, 0.717) is 64.5 Å².